The predicted molar refractivity (Wildman–Crippen MR) is 127 cm³/mol. The number of aryl methyl sites for hydroxylation is 1. The first-order chi connectivity index (χ1) is 15.6. The molecule has 3 aromatic rings. The fourth-order valence-corrected chi connectivity index (χ4v) is 6.27. The summed E-state index contributed by atoms with van der Waals surface area (Å²) in [5.41, 5.74) is 0.219. The molecule has 172 valence electrons. The molecule has 0 saturated carbocycles. The van der Waals surface area contributed by atoms with Gasteiger partial charge in [-0.05, 0) is 44.7 Å². The third-order valence-corrected chi connectivity index (χ3v) is 7.69. The Morgan fingerprint density at radius 3 is 2.82 bits per heavy atom. The van der Waals surface area contributed by atoms with Gasteiger partial charge in [-0.2, -0.15) is 0 Å². The summed E-state index contributed by atoms with van der Waals surface area (Å²) in [4.78, 5) is 50.5. The molecule has 0 unspecified atom stereocenters. The van der Waals surface area contributed by atoms with Crippen LogP contribution in [0.2, 0.25) is 5.02 Å². The number of fused-ring (bicyclic) bond motifs is 4. The summed E-state index contributed by atoms with van der Waals surface area (Å²) in [6.45, 7) is 3.49. The lowest BCUT2D eigenvalue weighted by atomic mass is 9.87. The van der Waals surface area contributed by atoms with Crippen molar-refractivity contribution in [3.05, 3.63) is 43.9 Å². The average Bonchev–Trinajstić information content (AvgIpc) is 3.24. The fraction of sp³-hybridized carbons (Fsp3) is 0.409. The van der Waals surface area contributed by atoms with Gasteiger partial charge in [0, 0.05) is 24.9 Å². The molecule has 2 amide bonds. The normalized spacial score (nSPS) is 18.6. The van der Waals surface area contributed by atoms with E-state index in [2.05, 4.69) is 20.6 Å². The van der Waals surface area contributed by atoms with E-state index in [0.717, 1.165) is 33.5 Å². The molecule has 0 radical (unpaired) electrons. The molecule has 2 aliphatic rings. The Hall–Kier alpha value is -2.98. The van der Waals surface area contributed by atoms with Gasteiger partial charge >= 0.3 is 0 Å². The van der Waals surface area contributed by atoms with E-state index in [1.54, 1.807) is 44.2 Å². The first-order valence-corrected chi connectivity index (χ1v) is 11.8. The highest BCUT2D eigenvalue weighted by atomic mass is 35.5. The lowest BCUT2D eigenvalue weighted by Gasteiger charge is -2.24. The van der Waals surface area contributed by atoms with Gasteiger partial charge in [-0.1, -0.05) is 11.6 Å². The number of halogens is 1. The maximum Gasteiger partial charge on any atom is 0.276 e. The molecule has 2 N–H and O–H groups in total. The van der Waals surface area contributed by atoms with Crippen LogP contribution in [0.4, 0.5) is 11.5 Å². The smallest absolute Gasteiger partial charge is 0.276 e. The van der Waals surface area contributed by atoms with E-state index in [0.29, 0.717) is 12.2 Å². The lowest BCUT2D eigenvalue weighted by molar-refractivity contribution is -0.133. The number of hydrogen-bond donors (Lipinski definition) is 2. The largest absolute Gasteiger partial charge is 0.349 e. The molecule has 11 heteroatoms. The maximum absolute atomic E-state index is 13.3. The number of thiophene rings is 1. The molecule has 0 bridgehead atoms. The van der Waals surface area contributed by atoms with Gasteiger partial charge in [0.25, 0.3) is 11.5 Å². The van der Waals surface area contributed by atoms with E-state index in [1.165, 1.54) is 17.0 Å². The summed E-state index contributed by atoms with van der Waals surface area (Å²) in [6.07, 6.45) is 3.61. The van der Waals surface area contributed by atoms with Gasteiger partial charge in [0.05, 0.1) is 10.4 Å². The summed E-state index contributed by atoms with van der Waals surface area (Å²) in [5.74, 6) is 0.219. The molecule has 5 rings (SSSR count). The van der Waals surface area contributed by atoms with Crippen LogP contribution < -0.4 is 16.2 Å². The standard InChI is InChI=1S/C22H23ClN6O3S/c1-22(2)27-18(30)16-12(23)8-13(21(32)29(16)22)26-17-15-11-6-5-10(20(31)28(3)4)7-14(11)33-19(15)25-9-24-17/h8-10H,5-7H2,1-4H3,(H,27,30)(H,24,25,26)/t10-/m0/s1. The van der Waals surface area contributed by atoms with E-state index in [9.17, 15) is 14.4 Å². The molecule has 4 heterocycles. The molecule has 33 heavy (non-hydrogen) atoms. The molecular formula is C22H23ClN6O3S. The van der Waals surface area contributed by atoms with Crippen molar-refractivity contribution in [2.75, 3.05) is 19.4 Å². The third kappa shape index (κ3) is 3.39. The lowest BCUT2D eigenvalue weighted by Crippen LogP contribution is -2.42. The van der Waals surface area contributed by atoms with Gasteiger partial charge in [-0.3, -0.25) is 19.0 Å². The number of carbonyl (C=O) groups is 2. The van der Waals surface area contributed by atoms with Crippen molar-refractivity contribution in [3.8, 4) is 0 Å². The van der Waals surface area contributed by atoms with Crippen LogP contribution in [0.1, 0.15) is 41.2 Å². The second kappa shape index (κ2) is 7.53. The number of pyridine rings is 1. The first kappa shape index (κ1) is 21.8. The van der Waals surface area contributed by atoms with Gasteiger partial charge < -0.3 is 15.5 Å². The fourth-order valence-electron chi connectivity index (χ4n) is 4.72. The molecule has 0 fully saturated rings. The van der Waals surface area contributed by atoms with Crippen molar-refractivity contribution >= 4 is 56.5 Å². The van der Waals surface area contributed by atoms with Crippen molar-refractivity contribution in [2.45, 2.75) is 38.8 Å². The molecular weight excluding hydrogens is 464 g/mol. The molecule has 1 aliphatic heterocycles. The average molecular weight is 487 g/mol. The number of hydrogen-bond acceptors (Lipinski definition) is 7. The van der Waals surface area contributed by atoms with Crippen LogP contribution in [0.25, 0.3) is 10.2 Å². The summed E-state index contributed by atoms with van der Waals surface area (Å²) in [6, 6.07) is 1.47. The number of nitrogens with one attached hydrogen (secondary N) is 2. The number of anilines is 2. The van der Waals surface area contributed by atoms with E-state index in [1.807, 2.05) is 0 Å². The third-order valence-electron chi connectivity index (χ3n) is 6.24. The molecule has 0 saturated heterocycles. The quantitative estimate of drug-likeness (QED) is 0.589. The Morgan fingerprint density at radius 1 is 1.33 bits per heavy atom. The van der Waals surface area contributed by atoms with Crippen molar-refractivity contribution < 1.29 is 9.59 Å². The molecule has 1 aliphatic carbocycles. The molecule has 1 atom stereocenters. The minimum absolute atomic E-state index is 0.0441. The highest BCUT2D eigenvalue weighted by molar-refractivity contribution is 7.19. The molecule has 0 aromatic carbocycles. The Balaban J connectivity index is 1.57. The second-order valence-corrected chi connectivity index (χ2v) is 10.6. The Kier molecular flexibility index (Phi) is 4.98. The minimum Gasteiger partial charge on any atom is -0.349 e. The van der Waals surface area contributed by atoms with E-state index in [-0.39, 0.29) is 39.7 Å². The number of carbonyl (C=O) groups excluding carboxylic acids is 2. The van der Waals surface area contributed by atoms with Crippen LogP contribution in [0.3, 0.4) is 0 Å². The van der Waals surface area contributed by atoms with Gasteiger partial charge in [0.1, 0.15) is 34.0 Å². The second-order valence-electron chi connectivity index (χ2n) is 9.11. The van der Waals surface area contributed by atoms with Crippen molar-refractivity contribution in [1.82, 2.24) is 24.8 Å². The van der Waals surface area contributed by atoms with E-state index in [4.69, 9.17) is 11.6 Å². The van der Waals surface area contributed by atoms with Crippen LogP contribution in [0.15, 0.2) is 17.2 Å². The summed E-state index contributed by atoms with van der Waals surface area (Å²) < 4.78 is 1.37. The zero-order valence-corrected chi connectivity index (χ0v) is 20.2. The van der Waals surface area contributed by atoms with Gasteiger partial charge in [0.2, 0.25) is 5.91 Å². The van der Waals surface area contributed by atoms with Crippen molar-refractivity contribution in [2.24, 2.45) is 5.92 Å². The van der Waals surface area contributed by atoms with Crippen LogP contribution in [0, 0.1) is 5.92 Å². The number of amides is 2. The Labute approximate surface area is 198 Å². The van der Waals surface area contributed by atoms with E-state index < -0.39 is 5.66 Å². The zero-order valence-electron chi connectivity index (χ0n) is 18.7. The summed E-state index contributed by atoms with van der Waals surface area (Å²) in [5, 5.41) is 6.97. The SMILES string of the molecule is CN(C)C(=O)[C@H]1CCc2c(sc3ncnc(Nc4cc(Cl)c5n(c4=O)C(C)(C)NC5=O)c23)C1. The Morgan fingerprint density at radius 2 is 2.09 bits per heavy atom. The maximum atomic E-state index is 13.3. The first-order valence-electron chi connectivity index (χ1n) is 10.6. The monoisotopic (exact) mass is 486 g/mol. The summed E-state index contributed by atoms with van der Waals surface area (Å²) in [7, 11) is 3.56. The molecule has 0 spiro atoms. The molecule has 9 nitrogen and oxygen atoms in total. The number of aromatic nitrogens is 3. The highest BCUT2D eigenvalue weighted by Crippen LogP contribution is 2.40. The summed E-state index contributed by atoms with van der Waals surface area (Å²) >= 11 is 7.95. The van der Waals surface area contributed by atoms with Gasteiger partial charge in [-0.25, -0.2) is 9.97 Å². The number of nitrogens with zero attached hydrogens (tertiary/aromatic N) is 4. The van der Waals surface area contributed by atoms with Crippen molar-refractivity contribution in [3.63, 3.8) is 0 Å². The van der Waals surface area contributed by atoms with Crippen LogP contribution in [-0.2, 0) is 23.3 Å². The predicted octanol–water partition coefficient (Wildman–Crippen LogP) is 2.88. The van der Waals surface area contributed by atoms with E-state index >= 15 is 0 Å². The van der Waals surface area contributed by atoms with Crippen LogP contribution in [0.5, 0.6) is 0 Å². The van der Waals surface area contributed by atoms with Crippen molar-refractivity contribution in [1.29, 1.82) is 0 Å². The van der Waals surface area contributed by atoms with Crippen LogP contribution in [-0.4, -0.2) is 45.3 Å². The van der Waals surface area contributed by atoms with Gasteiger partial charge in [-0.15, -0.1) is 11.3 Å². The molecule has 3 aromatic heterocycles. The highest BCUT2D eigenvalue weighted by Gasteiger charge is 2.38. The zero-order chi connectivity index (χ0) is 23.7. The number of rotatable bonds is 3. The minimum atomic E-state index is -0.901. The Bertz CT molecular complexity index is 1390. The van der Waals surface area contributed by atoms with Gasteiger partial charge in [0.15, 0.2) is 0 Å². The topological polar surface area (TPSA) is 109 Å². The van der Waals surface area contributed by atoms with Crippen LogP contribution >= 0.6 is 22.9 Å².